The molecule has 2 nitrogen and oxygen atoms in total. The van der Waals surface area contributed by atoms with Crippen molar-refractivity contribution >= 4 is 0 Å². The Morgan fingerprint density at radius 2 is 1.50 bits per heavy atom. The van der Waals surface area contributed by atoms with Crippen LogP contribution >= 0.6 is 0 Å². The Morgan fingerprint density at radius 1 is 0.778 bits per heavy atom. The van der Waals surface area contributed by atoms with Gasteiger partial charge in [0.1, 0.15) is 0 Å². The van der Waals surface area contributed by atoms with Crippen molar-refractivity contribution in [2.24, 2.45) is 0 Å². The number of nitrogens with one attached hydrogen (secondary N) is 2. The molecular weight excluding hydrogens is 220 g/mol. The first-order valence-corrected chi connectivity index (χ1v) is 6.19. The lowest BCUT2D eigenvalue weighted by atomic mass is 10.2. The van der Waals surface area contributed by atoms with Crippen molar-refractivity contribution in [2.75, 3.05) is 0 Å². The van der Waals surface area contributed by atoms with Gasteiger partial charge in [-0.15, -0.1) is 0 Å². The molecule has 18 heavy (non-hydrogen) atoms. The number of rotatable bonds is 3. The number of aryl methyl sites for hydroxylation is 1. The fraction of sp³-hybridized carbons (Fsp3) is 0.125. The molecule has 90 valence electrons. The van der Waals surface area contributed by atoms with Crippen molar-refractivity contribution in [3.63, 3.8) is 0 Å². The maximum Gasteiger partial charge on any atom is 0.0456 e. The molecule has 0 aliphatic carbocycles. The quantitative estimate of drug-likeness (QED) is 0.691. The molecule has 0 bridgehead atoms. The van der Waals surface area contributed by atoms with E-state index >= 15 is 0 Å². The second kappa shape index (κ2) is 4.57. The minimum absolute atomic E-state index is 0.917. The molecule has 2 aromatic heterocycles. The number of benzene rings is 1. The first kappa shape index (κ1) is 10.9. The molecule has 0 aliphatic rings. The molecule has 0 saturated heterocycles. The van der Waals surface area contributed by atoms with Crippen molar-refractivity contribution < 1.29 is 0 Å². The van der Waals surface area contributed by atoms with Gasteiger partial charge in [-0.25, -0.2) is 0 Å². The summed E-state index contributed by atoms with van der Waals surface area (Å²) in [5.74, 6) is 0. The SMILES string of the molecule is Cc1ccc(Cc2ccc(-c3ccccc3)[nH]2)[nH]1. The van der Waals surface area contributed by atoms with Gasteiger partial charge >= 0.3 is 0 Å². The molecule has 2 heteroatoms. The van der Waals surface area contributed by atoms with E-state index in [2.05, 4.69) is 65.4 Å². The molecule has 3 aromatic rings. The Balaban J connectivity index is 1.82. The van der Waals surface area contributed by atoms with E-state index in [4.69, 9.17) is 0 Å². The van der Waals surface area contributed by atoms with Crippen LogP contribution in [0.1, 0.15) is 17.1 Å². The molecule has 0 amide bonds. The maximum atomic E-state index is 3.47. The van der Waals surface area contributed by atoms with Gasteiger partial charge in [-0.05, 0) is 36.8 Å². The smallest absolute Gasteiger partial charge is 0.0456 e. The predicted octanol–water partition coefficient (Wildman–Crippen LogP) is 3.91. The standard InChI is InChI=1S/C16H16N2/c1-12-7-8-14(17-12)11-15-9-10-16(18-15)13-5-3-2-4-6-13/h2-10,17-18H,11H2,1H3. The van der Waals surface area contributed by atoms with E-state index in [0.29, 0.717) is 0 Å². The third-order valence-corrected chi connectivity index (χ3v) is 3.10. The van der Waals surface area contributed by atoms with Gasteiger partial charge in [0, 0.05) is 29.2 Å². The van der Waals surface area contributed by atoms with Gasteiger partial charge in [0.05, 0.1) is 0 Å². The van der Waals surface area contributed by atoms with E-state index < -0.39 is 0 Å². The van der Waals surface area contributed by atoms with Crippen LogP contribution in [-0.2, 0) is 6.42 Å². The molecule has 0 fully saturated rings. The summed E-state index contributed by atoms with van der Waals surface area (Å²) in [7, 11) is 0. The van der Waals surface area contributed by atoms with E-state index in [0.717, 1.165) is 6.42 Å². The van der Waals surface area contributed by atoms with E-state index in [1.807, 2.05) is 6.07 Å². The van der Waals surface area contributed by atoms with Crippen molar-refractivity contribution in [1.82, 2.24) is 9.97 Å². The lowest BCUT2D eigenvalue weighted by molar-refractivity contribution is 1.04. The predicted molar refractivity (Wildman–Crippen MR) is 74.6 cm³/mol. The second-order valence-corrected chi connectivity index (χ2v) is 4.61. The van der Waals surface area contributed by atoms with Crippen molar-refractivity contribution in [2.45, 2.75) is 13.3 Å². The summed E-state index contributed by atoms with van der Waals surface area (Å²) < 4.78 is 0. The molecular formula is C16H16N2. The van der Waals surface area contributed by atoms with Crippen LogP contribution in [0.2, 0.25) is 0 Å². The van der Waals surface area contributed by atoms with Crippen LogP contribution in [0.25, 0.3) is 11.3 Å². The summed E-state index contributed by atoms with van der Waals surface area (Å²) in [5, 5.41) is 0. The van der Waals surface area contributed by atoms with Gasteiger partial charge in [-0.1, -0.05) is 30.3 Å². The Morgan fingerprint density at radius 3 is 2.22 bits per heavy atom. The van der Waals surface area contributed by atoms with Crippen LogP contribution in [0, 0.1) is 6.92 Å². The highest BCUT2D eigenvalue weighted by molar-refractivity contribution is 5.59. The summed E-state index contributed by atoms with van der Waals surface area (Å²) in [5.41, 5.74) is 6.09. The summed E-state index contributed by atoms with van der Waals surface area (Å²) in [6.45, 7) is 2.08. The highest BCUT2D eigenvalue weighted by atomic mass is 14.8. The topological polar surface area (TPSA) is 31.6 Å². The minimum Gasteiger partial charge on any atom is -0.362 e. The van der Waals surface area contributed by atoms with Gasteiger partial charge in [0.25, 0.3) is 0 Å². The van der Waals surface area contributed by atoms with Crippen LogP contribution in [0.3, 0.4) is 0 Å². The third kappa shape index (κ3) is 2.23. The van der Waals surface area contributed by atoms with Crippen LogP contribution in [0.5, 0.6) is 0 Å². The first-order valence-electron chi connectivity index (χ1n) is 6.19. The molecule has 2 N–H and O–H groups in total. The molecule has 0 aliphatic heterocycles. The number of hydrogen-bond donors (Lipinski definition) is 2. The number of H-pyrrole nitrogens is 2. The first-order chi connectivity index (χ1) is 8.81. The molecule has 3 rings (SSSR count). The summed E-state index contributed by atoms with van der Waals surface area (Å²) in [6, 6.07) is 18.9. The van der Waals surface area contributed by atoms with Crippen LogP contribution in [-0.4, -0.2) is 9.97 Å². The lowest BCUT2D eigenvalue weighted by Crippen LogP contribution is -1.88. The van der Waals surface area contributed by atoms with Gasteiger partial charge in [-0.2, -0.15) is 0 Å². The average Bonchev–Trinajstić information content (AvgIpc) is 3.01. The molecule has 0 unspecified atom stereocenters. The normalized spacial score (nSPS) is 10.7. The van der Waals surface area contributed by atoms with Gasteiger partial charge in [0.2, 0.25) is 0 Å². The van der Waals surface area contributed by atoms with Crippen molar-refractivity contribution in [1.29, 1.82) is 0 Å². The zero-order chi connectivity index (χ0) is 12.4. The molecule has 0 saturated carbocycles. The Bertz CT molecular complexity index is 632. The zero-order valence-corrected chi connectivity index (χ0v) is 10.4. The Kier molecular flexibility index (Phi) is 2.77. The van der Waals surface area contributed by atoms with Crippen LogP contribution in [0.4, 0.5) is 0 Å². The van der Waals surface area contributed by atoms with Gasteiger partial charge < -0.3 is 9.97 Å². The lowest BCUT2D eigenvalue weighted by Gasteiger charge is -1.98. The number of aromatic amines is 2. The fourth-order valence-corrected chi connectivity index (χ4v) is 2.20. The Labute approximate surface area is 107 Å². The van der Waals surface area contributed by atoms with E-state index in [-0.39, 0.29) is 0 Å². The highest BCUT2D eigenvalue weighted by Gasteiger charge is 2.03. The van der Waals surface area contributed by atoms with Crippen LogP contribution in [0.15, 0.2) is 54.6 Å². The van der Waals surface area contributed by atoms with E-state index in [1.165, 1.54) is 28.3 Å². The molecule has 0 spiro atoms. The summed E-state index contributed by atoms with van der Waals surface area (Å²) in [6.07, 6.45) is 0.917. The largest absolute Gasteiger partial charge is 0.362 e. The summed E-state index contributed by atoms with van der Waals surface area (Å²) in [4.78, 5) is 6.82. The molecule has 1 aromatic carbocycles. The molecule has 2 heterocycles. The van der Waals surface area contributed by atoms with Crippen molar-refractivity contribution in [3.8, 4) is 11.3 Å². The minimum atomic E-state index is 0.917. The van der Waals surface area contributed by atoms with Gasteiger partial charge in [-0.3, -0.25) is 0 Å². The van der Waals surface area contributed by atoms with E-state index in [9.17, 15) is 0 Å². The zero-order valence-electron chi connectivity index (χ0n) is 10.4. The van der Waals surface area contributed by atoms with Crippen LogP contribution < -0.4 is 0 Å². The molecule has 0 radical (unpaired) electrons. The second-order valence-electron chi connectivity index (χ2n) is 4.61. The Hall–Kier alpha value is -2.22. The molecule has 0 atom stereocenters. The number of aromatic nitrogens is 2. The third-order valence-electron chi connectivity index (χ3n) is 3.10. The average molecular weight is 236 g/mol. The van der Waals surface area contributed by atoms with E-state index in [1.54, 1.807) is 0 Å². The van der Waals surface area contributed by atoms with Crippen molar-refractivity contribution in [3.05, 3.63) is 71.7 Å². The monoisotopic (exact) mass is 236 g/mol. The highest BCUT2D eigenvalue weighted by Crippen LogP contribution is 2.19. The maximum absolute atomic E-state index is 3.47. The summed E-state index contributed by atoms with van der Waals surface area (Å²) >= 11 is 0. The number of hydrogen-bond acceptors (Lipinski definition) is 0. The van der Waals surface area contributed by atoms with Gasteiger partial charge in [0.15, 0.2) is 0 Å². The fourth-order valence-electron chi connectivity index (χ4n) is 2.20.